The molecule has 0 spiro atoms. The molecule has 3 heterocycles. The third kappa shape index (κ3) is 2.46. The molecule has 0 saturated heterocycles. The molecule has 1 amide bonds. The summed E-state index contributed by atoms with van der Waals surface area (Å²) in [5, 5.41) is 17.2. The third-order valence-electron chi connectivity index (χ3n) is 3.50. The maximum absolute atomic E-state index is 12.3. The van der Waals surface area contributed by atoms with Gasteiger partial charge in [-0.2, -0.15) is 5.10 Å². The van der Waals surface area contributed by atoms with Crippen LogP contribution in [0.4, 0.5) is 0 Å². The Balaban J connectivity index is 1.87. The quantitative estimate of drug-likeness (QED) is 0.758. The van der Waals surface area contributed by atoms with E-state index >= 15 is 0 Å². The number of carbonyl (C=O) groups is 1. The van der Waals surface area contributed by atoms with Crippen molar-refractivity contribution < 1.29 is 14.3 Å². The number of hydrogen-bond donors (Lipinski definition) is 2. The minimum atomic E-state index is -0.590. The average Bonchev–Trinajstić information content (AvgIpc) is 3.14. The summed E-state index contributed by atoms with van der Waals surface area (Å²) in [6.45, 7) is 1.62. The van der Waals surface area contributed by atoms with E-state index in [-0.39, 0.29) is 12.5 Å². The number of nitrogens with one attached hydrogen (secondary N) is 1. The largest absolute Gasteiger partial charge is 0.467 e. The van der Waals surface area contributed by atoms with Crippen LogP contribution in [0.25, 0.3) is 11.0 Å². The van der Waals surface area contributed by atoms with E-state index in [1.165, 1.54) is 12.5 Å². The van der Waals surface area contributed by atoms with E-state index in [0.29, 0.717) is 11.3 Å². The van der Waals surface area contributed by atoms with E-state index in [0.717, 1.165) is 16.7 Å². The Hall–Kier alpha value is -2.67. The van der Waals surface area contributed by atoms with Crippen LogP contribution in [0.3, 0.4) is 0 Å². The Bertz CT molecular complexity index is 808. The topological polar surface area (TPSA) is 93.2 Å². The van der Waals surface area contributed by atoms with Gasteiger partial charge in [0.15, 0.2) is 5.65 Å². The highest BCUT2D eigenvalue weighted by Crippen LogP contribution is 2.18. The van der Waals surface area contributed by atoms with Gasteiger partial charge in [0.2, 0.25) is 0 Å². The molecule has 3 rings (SSSR count). The Morgan fingerprint density at radius 2 is 2.36 bits per heavy atom. The van der Waals surface area contributed by atoms with Crippen LogP contribution in [0.1, 0.15) is 27.9 Å². The number of aliphatic hydroxyl groups excluding tert-OH is 1. The SMILES string of the molecule is Cc1nn(C)c2ncc(C(=O)NC(CO)c3ccco3)cc12. The van der Waals surface area contributed by atoms with E-state index in [9.17, 15) is 9.90 Å². The Labute approximate surface area is 126 Å². The number of rotatable bonds is 4. The molecule has 3 aromatic rings. The van der Waals surface area contributed by atoms with Crippen molar-refractivity contribution >= 4 is 16.9 Å². The number of carbonyl (C=O) groups excluding carboxylic acids is 1. The van der Waals surface area contributed by atoms with Crippen molar-refractivity contribution in [3.8, 4) is 0 Å². The van der Waals surface area contributed by atoms with Gasteiger partial charge in [0, 0.05) is 18.6 Å². The normalized spacial score (nSPS) is 12.5. The van der Waals surface area contributed by atoms with E-state index in [4.69, 9.17) is 4.42 Å². The first-order valence-corrected chi connectivity index (χ1v) is 6.84. The smallest absolute Gasteiger partial charge is 0.253 e. The van der Waals surface area contributed by atoms with Gasteiger partial charge in [0.25, 0.3) is 5.91 Å². The zero-order chi connectivity index (χ0) is 15.7. The first kappa shape index (κ1) is 14.3. The molecule has 0 aromatic carbocycles. The number of aromatic nitrogens is 3. The standard InChI is InChI=1S/C15H16N4O3/c1-9-11-6-10(7-16-14(11)19(2)18-9)15(21)17-12(8-20)13-4-3-5-22-13/h3-7,12,20H,8H2,1-2H3,(H,17,21). The molecular weight excluding hydrogens is 284 g/mol. The lowest BCUT2D eigenvalue weighted by Crippen LogP contribution is -2.30. The second kappa shape index (κ2) is 5.61. The Morgan fingerprint density at radius 3 is 3.05 bits per heavy atom. The second-order valence-corrected chi connectivity index (χ2v) is 5.03. The second-order valence-electron chi connectivity index (χ2n) is 5.03. The first-order chi connectivity index (χ1) is 10.6. The van der Waals surface area contributed by atoms with Crippen LogP contribution in [0.15, 0.2) is 35.1 Å². The summed E-state index contributed by atoms with van der Waals surface area (Å²) in [7, 11) is 1.81. The van der Waals surface area contributed by atoms with E-state index in [2.05, 4.69) is 15.4 Å². The molecule has 0 aliphatic rings. The van der Waals surface area contributed by atoms with Gasteiger partial charge >= 0.3 is 0 Å². The molecule has 0 saturated carbocycles. The van der Waals surface area contributed by atoms with Crippen LogP contribution in [0.5, 0.6) is 0 Å². The van der Waals surface area contributed by atoms with Crippen LogP contribution in [0.2, 0.25) is 0 Å². The number of hydrogen-bond acceptors (Lipinski definition) is 5. The van der Waals surface area contributed by atoms with Crippen molar-refractivity contribution in [1.29, 1.82) is 0 Å². The van der Waals surface area contributed by atoms with Crippen molar-refractivity contribution in [3.63, 3.8) is 0 Å². The molecule has 3 aromatic heterocycles. The van der Waals surface area contributed by atoms with Gasteiger partial charge in [-0.25, -0.2) is 4.98 Å². The molecule has 114 valence electrons. The van der Waals surface area contributed by atoms with Gasteiger partial charge in [-0.05, 0) is 25.1 Å². The van der Waals surface area contributed by atoms with Crippen LogP contribution in [-0.2, 0) is 7.05 Å². The van der Waals surface area contributed by atoms with Gasteiger partial charge in [-0.1, -0.05) is 0 Å². The summed E-state index contributed by atoms with van der Waals surface area (Å²) in [6, 6.07) is 4.56. The highest BCUT2D eigenvalue weighted by Gasteiger charge is 2.18. The van der Waals surface area contributed by atoms with E-state index in [1.54, 1.807) is 29.9 Å². The number of fused-ring (bicyclic) bond motifs is 1. The van der Waals surface area contributed by atoms with E-state index < -0.39 is 6.04 Å². The zero-order valence-electron chi connectivity index (χ0n) is 12.3. The average molecular weight is 300 g/mol. The van der Waals surface area contributed by atoms with Gasteiger partial charge in [0.05, 0.1) is 24.1 Å². The predicted molar refractivity (Wildman–Crippen MR) is 79.2 cm³/mol. The number of aryl methyl sites for hydroxylation is 2. The summed E-state index contributed by atoms with van der Waals surface area (Å²) in [4.78, 5) is 16.6. The van der Waals surface area contributed by atoms with Crippen molar-refractivity contribution in [1.82, 2.24) is 20.1 Å². The predicted octanol–water partition coefficient (Wildman–Crippen LogP) is 1.33. The Morgan fingerprint density at radius 1 is 1.55 bits per heavy atom. The molecule has 1 atom stereocenters. The lowest BCUT2D eigenvalue weighted by Gasteiger charge is -2.13. The van der Waals surface area contributed by atoms with Crippen LogP contribution < -0.4 is 5.32 Å². The van der Waals surface area contributed by atoms with Gasteiger partial charge in [-0.15, -0.1) is 0 Å². The summed E-state index contributed by atoms with van der Waals surface area (Å²) in [5.41, 5.74) is 1.94. The van der Waals surface area contributed by atoms with Crippen LogP contribution in [-0.4, -0.2) is 32.4 Å². The third-order valence-corrected chi connectivity index (χ3v) is 3.50. The summed E-state index contributed by atoms with van der Waals surface area (Å²) in [6.07, 6.45) is 2.99. The van der Waals surface area contributed by atoms with Crippen molar-refractivity contribution in [2.24, 2.45) is 7.05 Å². The summed E-state index contributed by atoms with van der Waals surface area (Å²) < 4.78 is 6.88. The minimum absolute atomic E-state index is 0.249. The monoisotopic (exact) mass is 300 g/mol. The van der Waals surface area contributed by atoms with E-state index in [1.807, 2.05) is 6.92 Å². The maximum Gasteiger partial charge on any atom is 0.253 e. The molecule has 0 aliphatic heterocycles. The lowest BCUT2D eigenvalue weighted by atomic mass is 10.1. The molecular formula is C15H16N4O3. The van der Waals surface area contributed by atoms with Gasteiger partial charge in [-0.3, -0.25) is 9.48 Å². The minimum Gasteiger partial charge on any atom is -0.467 e. The number of amides is 1. The highest BCUT2D eigenvalue weighted by atomic mass is 16.3. The molecule has 7 nitrogen and oxygen atoms in total. The first-order valence-electron chi connectivity index (χ1n) is 6.84. The van der Waals surface area contributed by atoms with Crippen molar-refractivity contribution in [2.45, 2.75) is 13.0 Å². The fourth-order valence-corrected chi connectivity index (χ4v) is 2.37. The molecule has 22 heavy (non-hydrogen) atoms. The van der Waals surface area contributed by atoms with Gasteiger partial charge < -0.3 is 14.8 Å². The molecule has 0 fully saturated rings. The van der Waals surface area contributed by atoms with Crippen LogP contribution in [0, 0.1) is 6.92 Å². The number of pyridine rings is 1. The number of aliphatic hydroxyl groups is 1. The highest BCUT2D eigenvalue weighted by molar-refractivity contribution is 5.97. The molecule has 1 unspecified atom stereocenters. The zero-order valence-corrected chi connectivity index (χ0v) is 12.3. The van der Waals surface area contributed by atoms with Crippen molar-refractivity contribution in [3.05, 3.63) is 47.7 Å². The fourth-order valence-electron chi connectivity index (χ4n) is 2.37. The summed E-state index contributed by atoms with van der Waals surface area (Å²) >= 11 is 0. The molecule has 0 bridgehead atoms. The Kier molecular flexibility index (Phi) is 3.64. The van der Waals surface area contributed by atoms with Crippen molar-refractivity contribution in [2.75, 3.05) is 6.61 Å². The fraction of sp³-hybridized carbons (Fsp3) is 0.267. The number of furan rings is 1. The molecule has 0 aliphatic carbocycles. The number of nitrogens with zero attached hydrogens (tertiary/aromatic N) is 3. The molecule has 2 N–H and O–H groups in total. The molecule has 7 heteroatoms. The van der Waals surface area contributed by atoms with Gasteiger partial charge in [0.1, 0.15) is 11.8 Å². The molecule has 0 radical (unpaired) electrons. The van der Waals surface area contributed by atoms with Crippen LogP contribution >= 0.6 is 0 Å². The maximum atomic E-state index is 12.3. The lowest BCUT2D eigenvalue weighted by molar-refractivity contribution is 0.0907. The summed E-state index contributed by atoms with van der Waals surface area (Å²) in [5.74, 6) is 0.176.